The summed E-state index contributed by atoms with van der Waals surface area (Å²) < 4.78 is 15.6. The third-order valence-electron chi connectivity index (χ3n) is 5.89. The Labute approximate surface area is 192 Å². The number of amides is 1. The number of halogens is 1. The summed E-state index contributed by atoms with van der Waals surface area (Å²) in [5.41, 5.74) is 1.98. The normalized spacial score (nSPS) is 14.3. The van der Waals surface area contributed by atoms with E-state index < -0.39 is 5.82 Å². The molecule has 1 aliphatic rings. The molecule has 0 N–H and O–H groups in total. The molecule has 9 heteroatoms. The second-order valence-electron chi connectivity index (χ2n) is 7.88. The maximum atomic E-state index is 13.6. The Kier molecular flexibility index (Phi) is 4.76. The van der Waals surface area contributed by atoms with Crippen molar-refractivity contribution in [2.45, 2.75) is 0 Å². The topological polar surface area (TPSA) is 66.6 Å². The van der Waals surface area contributed by atoms with Crippen molar-refractivity contribution >= 4 is 39.7 Å². The maximum Gasteiger partial charge on any atom is 0.254 e. The highest BCUT2D eigenvalue weighted by Crippen LogP contribution is 2.30. The third-order valence-corrected chi connectivity index (χ3v) is 6.76. The van der Waals surface area contributed by atoms with Crippen molar-refractivity contribution in [3.8, 4) is 10.7 Å². The van der Waals surface area contributed by atoms with E-state index in [0.717, 1.165) is 33.2 Å². The molecule has 1 aliphatic heterocycles. The number of aromatic nitrogens is 4. The molecule has 0 unspecified atom stereocenters. The smallest absolute Gasteiger partial charge is 0.254 e. The van der Waals surface area contributed by atoms with Crippen LogP contribution in [0.1, 0.15) is 10.4 Å². The van der Waals surface area contributed by atoms with Crippen molar-refractivity contribution in [3.63, 3.8) is 0 Å². The number of hydrogen-bond donors (Lipinski definition) is 0. The third kappa shape index (κ3) is 3.41. The van der Waals surface area contributed by atoms with Gasteiger partial charge in [0.25, 0.3) is 5.91 Å². The molecule has 7 nitrogen and oxygen atoms in total. The lowest BCUT2D eigenvalue weighted by Gasteiger charge is -2.35. The quantitative estimate of drug-likeness (QED) is 0.407. The van der Waals surface area contributed by atoms with Crippen LogP contribution >= 0.6 is 11.3 Å². The Balaban J connectivity index is 1.37. The molecule has 164 valence electrons. The van der Waals surface area contributed by atoms with Gasteiger partial charge in [0.2, 0.25) is 5.95 Å². The fraction of sp³-hybridized carbons (Fsp3) is 0.167. The Morgan fingerprint density at radius 1 is 0.939 bits per heavy atom. The minimum atomic E-state index is -0.407. The molecule has 2 aromatic carbocycles. The van der Waals surface area contributed by atoms with Crippen LogP contribution in [-0.4, -0.2) is 56.6 Å². The van der Waals surface area contributed by atoms with Gasteiger partial charge in [-0.15, -0.1) is 21.5 Å². The number of anilines is 1. The summed E-state index contributed by atoms with van der Waals surface area (Å²) in [6.45, 7) is 2.23. The Bertz CT molecular complexity index is 1470. The van der Waals surface area contributed by atoms with E-state index in [-0.39, 0.29) is 5.91 Å². The van der Waals surface area contributed by atoms with Gasteiger partial charge in [0.1, 0.15) is 5.82 Å². The minimum absolute atomic E-state index is 0.158. The van der Waals surface area contributed by atoms with E-state index in [1.165, 1.54) is 12.1 Å². The maximum absolute atomic E-state index is 13.6. The predicted octanol–water partition coefficient (Wildman–Crippen LogP) is 4.11. The van der Waals surface area contributed by atoms with Gasteiger partial charge in [-0.25, -0.2) is 13.8 Å². The number of piperazine rings is 1. The lowest BCUT2D eigenvalue weighted by molar-refractivity contribution is 0.0745. The van der Waals surface area contributed by atoms with Gasteiger partial charge in [-0.05, 0) is 41.8 Å². The molecule has 6 rings (SSSR count). The van der Waals surface area contributed by atoms with Crippen LogP contribution in [0.3, 0.4) is 0 Å². The molecule has 4 heterocycles. The van der Waals surface area contributed by atoms with Gasteiger partial charge in [0.05, 0.1) is 10.4 Å². The zero-order valence-electron chi connectivity index (χ0n) is 17.6. The number of fused-ring (bicyclic) bond motifs is 3. The molecular weight excluding hydrogens is 439 g/mol. The Morgan fingerprint density at radius 2 is 1.79 bits per heavy atom. The molecule has 1 saturated heterocycles. The fourth-order valence-corrected chi connectivity index (χ4v) is 4.96. The first-order valence-corrected chi connectivity index (χ1v) is 11.5. The van der Waals surface area contributed by atoms with Crippen LogP contribution in [0.5, 0.6) is 0 Å². The van der Waals surface area contributed by atoms with Gasteiger partial charge in [0.15, 0.2) is 11.5 Å². The van der Waals surface area contributed by atoms with Gasteiger partial charge >= 0.3 is 0 Å². The SMILES string of the molecule is O=C(c1cccc(F)c1)N1CCN(c2nc3ccccc3c3nnc(-c4cccs4)n23)CC1. The standard InChI is InChI=1S/C24H19FN6OS/c25-17-6-3-5-16(15-17)23(32)29-10-12-30(13-11-29)24-26-19-8-2-1-7-18(19)21-27-28-22(31(21)24)20-9-4-14-33-20/h1-9,14-15H,10-13H2. The van der Waals surface area contributed by atoms with Gasteiger partial charge < -0.3 is 9.80 Å². The number of benzene rings is 2. The largest absolute Gasteiger partial charge is 0.338 e. The van der Waals surface area contributed by atoms with E-state index in [2.05, 4.69) is 15.1 Å². The molecule has 0 atom stereocenters. The summed E-state index contributed by atoms with van der Waals surface area (Å²) >= 11 is 1.61. The van der Waals surface area contributed by atoms with Gasteiger partial charge in [-0.2, -0.15) is 0 Å². The van der Waals surface area contributed by atoms with Crippen LogP contribution in [-0.2, 0) is 0 Å². The number of para-hydroxylation sites is 1. The average molecular weight is 459 g/mol. The van der Waals surface area contributed by atoms with E-state index in [9.17, 15) is 9.18 Å². The summed E-state index contributed by atoms with van der Waals surface area (Å²) in [5.74, 6) is 0.951. The molecule has 1 fully saturated rings. The highest BCUT2D eigenvalue weighted by atomic mass is 32.1. The lowest BCUT2D eigenvalue weighted by atomic mass is 10.1. The summed E-state index contributed by atoms with van der Waals surface area (Å²) in [6.07, 6.45) is 0. The highest BCUT2D eigenvalue weighted by Gasteiger charge is 2.26. The van der Waals surface area contributed by atoms with Gasteiger partial charge in [0, 0.05) is 37.1 Å². The highest BCUT2D eigenvalue weighted by molar-refractivity contribution is 7.13. The van der Waals surface area contributed by atoms with Crippen LogP contribution in [0.25, 0.3) is 27.3 Å². The first kappa shape index (κ1) is 19.8. The van der Waals surface area contributed by atoms with Crippen LogP contribution in [0.15, 0.2) is 66.0 Å². The molecule has 3 aromatic heterocycles. The molecule has 5 aromatic rings. The van der Waals surface area contributed by atoms with Crippen molar-refractivity contribution in [1.29, 1.82) is 0 Å². The van der Waals surface area contributed by atoms with Gasteiger partial charge in [-0.1, -0.05) is 24.3 Å². The van der Waals surface area contributed by atoms with E-state index in [1.807, 2.05) is 46.2 Å². The van der Waals surface area contributed by atoms with Crippen molar-refractivity contribution in [1.82, 2.24) is 24.5 Å². The number of nitrogens with zero attached hydrogens (tertiary/aromatic N) is 6. The molecule has 0 saturated carbocycles. The van der Waals surface area contributed by atoms with E-state index in [1.54, 1.807) is 28.4 Å². The monoisotopic (exact) mass is 458 g/mol. The predicted molar refractivity (Wildman–Crippen MR) is 126 cm³/mol. The Morgan fingerprint density at radius 3 is 2.58 bits per heavy atom. The second kappa shape index (κ2) is 7.93. The van der Waals surface area contributed by atoms with Crippen molar-refractivity contribution in [3.05, 3.63) is 77.4 Å². The number of hydrogen-bond acceptors (Lipinski definition) is 6. The first-order valence-electron chi connectivity index (χ1n) is 10.7. The second-order valence-corrected chi connectivity index (χ2v) is 8.83. The minimum Gasteiger partial charge on any atom is -0.338 e. The Hall–Kier alpha value is -3.85. The van der Waals surface area contributed by atoms with Crippen LogP contribution in [0.4, 0.5) is 10.3 Å². The molecule has 33 heavy (non-hydrogen) atoms. The molecule has 0 radical (unpaired) electrons. The van der Waals surface area contributed by atoms with E-state index >= 15 is 0 Å². The van der Waals surface area contributed by atoms with Gasteiger partial charge in [-0.3, -0.25) is 4.79 Å². The number of thiophene rings is 1. The summed E-state index contributed by atoms with van der Waals surface area (Å²) in [5, 5.41) is 11.9. The average Bonchev–Trinajstić information content (AvgIpc) is 3.53. The zero-order chi connectivity index (χ0) is 22.4. The molecule has 0 aliphatic carbocycles. The van der Waals surface area contributed by atoms with Crippen molar-refractivity contribution in [2.24, 2.45) is 0 Å². The van der Waals surface area contributed by atoms with Crippen molar-refractivity contribution in [2.75, 3.05) is 31.1 Å². The van der Waals surface area contributed by atoms with E-state index in [4.69, 9.17) is 4.98 Å². The van der Waals surface area contributed by atoms with Crippen molar-refractivity contribution < 1.29 is 9.18 Å². The fourth-order valence-electron chi connectivity index (χ4n) is 4.26. The zero-order valence-corrected chi connectivity index (χ0v) is 18.4. The number of carbonyl (C=O) groups excluding carboxylic acids is 1. The molecule has 0 bridgehead atoms. The van der Waals surface area contributed by atoms with Crippen LogP contribution < -0.4 is 4.90 Å². The number of rotatable bonds is 3. The molecular formula is C24H19FN6OS. The summed E-state index contributed by atoms with van der Waals surface area (Å²) in [7, 11) is 0. The number of carbonyl (C=O) groups is 1. The van der Waals surface area contributed by atoms with Crippen LogP contribution in [0.2, 0.25) is 0 Å². The van der Waals surface area contributed by atoms with Crippen LogP contribution in [0, 0.1) is 5.82 Å². The summed E-state index contributed by atoms with van der Waals surface area (Å²) in [4.78, 5) is 22.8. The first-order chi connectivity index (χ1) is 16.2. The molecule has 1 amide bonds. The lowest BCUT2D eigenvalue weighted by Crippen LogP contribution is -2.49. The molecule has 0 spiro atoms. The van der Waals surface area contributed by atoms with E-state index in [0.29, 0.717) is 31.7 Å². The summed E-state index contributed by atoms with van der Waals surface area (Å²) in [6, 6.07) is 17.8.